The van der Waals surface area contributed by atoms with E-state index >= 15 is 0 Å². The van der Waals surface area contributed by atoms with Crippen molar-refractivity contribution in [2.45, 2.75) is 6.54 Å². The summed E-state index contributed by atoms with van der Waals surface area (Å²) in [6, 6.07) is 10.9. The van der Waals surface area contributed by atoms with E-state index in [0.717, 1.165) is 11.3 Å². The van der Waals surface area contributed by atoms with Gasteiger partial charge in [0.15, 0.2) is 5.78 Å². The molecule has 0 atom stereocenters. The van der Waals surface area contributed by atoms with Crippen LogP contribution in [0.5, 0.6) is 5.75 Å². The van der Waals surface area contributed by atoms with Crippen LogP contribution in [0, 0.1) is 0 Å². The third-order valence-electron chi connectivity index (χ3n) is 3.18. The molecule has 24 heavy (non-hydrogen) atoms. The van der Waals surface area contributed by atoms with Crippen LogP contribution in [0.1, 0.15) is 24.9 Å². The van der Waals surface area contributed by atoms with Crippen LogP contribution >= 0.6 is 11.3 Å². The van der Waals surface area contributed by atoms with Crippen molar-refractivity contribution in [3.63, 3.8) is 0 Å². The van der Waals surface area contributed by atoms with Gasteiger partial charge in [-0.2, -0.15) is 0 Å². The summed E-state index contributed by atoms with van der Waals surface area (Å²) in [5.41, 5.74) is 0.949. The Morgan fingerprint density at radius 3 is 2.67 bits per heavy atom. The molecule has 5 nitrogen and oxygen atoms in total. The summed E-state index contributed by atoms with van der Waals surface area (Å²) in [6.45, 7) is 0.401. The fourth-order valence-electron chi connectivity index (χ4n) is 1.94. The van der Waals surface area contributed by atoms with Gasteiger partial charge in [-0.25, -0.2) is 0 Å². The van der Waals surface area contributed by atoms with E-state index in [4.69, 9.17) is 4.74 Å². The summed E-state index contributed by atoms with van der Waals surface area (Å²) < 4.78 is 5.16. The standard InChI is InChI=1S/C18H20N2O3S/c1-20(2)10-9-15(21)16-7-8-17(24-16)18(22)19-12-13-5-4-6-14(11-13)23-3/h4-11H,12H2,1-3H3,(H,19,22)/b10-9+. The maximum Gasteiger partial charge on any atom is 0.261 e. The third kappa shape index (κ3) is 4.96. The molecular formula is C18H20N2O3S. The number of ether oxygens (including phenoxy) is 1. The van der Waals surface area contributed by atoms with Crippen molar-refractivity contribution in [2.24, 2.45) is 0 Å². The molecule has 0 fully saturated rings. The van der Waals surface area contributed by atoms with E-state index in [0.29, 0.717) is 16.3 Å². The monoisotopic (exact) mass is 344 g/mol. The predicted octanol–water partition coefficient (Wildman–Crippen LogP) is 2.94. The van der Waals surface area contributed by atoms with Gasteiger partial charge in [0.25, 0.3) is 5.91 Å². The number of carbonyl (C=O) groups excluding carboxylic acids is 2. The Balaban J connectivity index is 1.97. The second-order valence-electron chi connectivity index (χ2n) is 5.34. The number of hydrogen-bond donors (Lipinski definition) is 1. The maximum atomic E-state index is 12.2. The van der Waals surface area contributed by atoms with Gasteiger partial charge in [0, 0.05) is 32.9 Å². The molecule has 1 heterocycles. The fourth-order valence-corrected chi connectivity index (χ4v) is 2.79. The molecule has 6 heteroatoms. The van der Waals surface area contributed by atoms with E-state index in [2.05, 4.69) is 5.32 Å². The van der Waals surface area contributed by atoms with Gasteiger partial charge in [0.05, 0.1) is 16.9 Å². The number of allylic oxidation sites excluding steroid dienone is 1. The number of thiophene rings is 1. The first-order valence-electron chi connectivity index (χ1n) is 7.39. The molecule has 0 aliphatic heterocycles. The molecule has 0 radical (unpaired) electrons. The smallest absolute Gasteiger partial charge is 0.261 e. The lowest BCUT2D eigenvalue weighted by Crippen LogP contribution is -2.21. The molecule has 0 aliphatic carbocycles. The van der Waals surface area contributed by atoms with Gasteiger partial charge in [-0.1, -0.05) is 12.1 Å². The number of ketones is 1. The molecule has 0 unspecified atom stereocenters. The number of nitrogens with one attached hydrogen (secondary N) is 1. The highest BCUT2D eigenvalue weighted by molar-refractivity contribution is 7.16. The van der Waals surface area contributed by atoms with Gasteiger partial charge in [-0.3, -0.25) is 9.59 Å². The summed E-state index contributed by atoms with van der Waals surface area (Å²) >= 11 is 1.19. The van der Waals surface area contributed by atoms with E-state index in [9.17, 15) is 9.59 Å². The Hall–Kier alpha value is -2.60. The molecule has 0 saturated heterocycles. The number of hydrogen-bond acceptors (Lipinski definition) is 5. The highest BCUT2D eigenvalue weighted by atomic mass is 32.1. The van der Waals surface area contributed by atoms with E-state index in [1.165, 1.54) is 17.4 Å². The van der Waals surface area contributed by atoms with Gasteiger partial charge >= 0.3 is 0 Å². The van der Waals surface area contributed by atoms with Gasteiger partial charge in [-0.15, -0.1) is 11.3 Å². The van der Waals surface area contributed by atoms with Crippen LogP contribution in [-0.4, -0.2) is 37.8 Å². The SMILES string of the molecule is COc1cccc(CNC(=O)c2ccc(C(=O)/C=C/N(C)C)s2)c1. The second-order valence-corrected chi connectivity index (χ2v) is 6.43. The summed E-state index contributed by atoms with van der Waals surface area (Å²) in [6.07, 6.45) is 3.17. The minimum absolute atomic E-state index is 0.111. The Morgan fingerprint density at radius 1 is 1.21 bits per heavy atom. The van der Waals surface area contributed by atoms with Gasteiger partial charge in [-0.05, 0) is 29.8 Å². The minimum Gasteiger partial charge on any atom is -0.497 e. The number of rotatable bonds is 7. The van der Waals surface area contributed by atoms with Gasteiger partial charge in [0.2, 0.25) is 0 Å². The molecule has 0 bridgehead atoms. The Morgan fingerprint density at radius 2 is 1.96 bits per heavy atom. The van der Waals surface area contributed by atoms with Crippen molar-refractivity contribution in [2.75, 3.05) is 21.2 Å². The average molecular weight is 344 g/mol. The molecular weight excluding hydrogens is 324 g/mol. The minimum atomic E-state index is -0.196. The van der Waals surface area contributed by atoms with E-state index in [1.54, 1.807) is 30.3 Å². The van der Waals surface area contributed by atoms with Crippen LogP contribution in [0.15, 0.2) is 48.7 Å². The number of nitrogens with zero attached hydrogens (tertiary/aromatic N) is 1. The Bertz CT molecular complexity index is 750. The summed E-state index contributed by atoms with van der Waals surface area (Å²) in [5, 5.41) is 2.85. The predicted molar refractivity (Wildman–Crippen MR) is 95.6 cm³/mol. The lowest BCUT2D eigenvalue weighted by Gasteiger charge is -2.05. The zero-order valence-electron chi connectivity index (χ0n) is 13.9. The normalized spacial score (nSPS) is 10.6. The second kappa shape index (κ2) is 8.31. The lowest BCUT2D eigenvalue weighted by molar-refractivity contribution is 0.0954. The van der Waals surface area contributed by atoms with E-state index in [-0.39, 0.29) is 11.7 Å². The van der Waals surface area contributed by atoms with Crippen molar-refractivity contribution in [1.29, 1.82) is 0 Å². The van der Waals surface area contributed by atoms with E-state index < -0.39 is 0 Å². The first-order chi connectivity index (χ1) is 11.5. The third-order valence-corrected chi connectivity index (χ3v) is 4.28. The topological polar surface area (TPSA) is 58.6 Å². The molecule has 1 N–H and O–H groups in total. The summed E-state index contributed by atoms with van der Waals surface area (Å²) in [5.74, 6) is 0.442. The Kier molecular flexibility index (Phi) is 6.14. The number of methoxy groups -OCH3 is 1. The molecule has 2 aromatic rings. The Labute approximate surface area is 145 Å². The molecule has 0 spiro atoms. The van der Waals surface area contributed by atoms with Crippen molar-refractivity contribution < 1.29 is 14.3 Å². The molecule has 0 aliphatic rings. The molecule has 0 saturated carbocycles. The molecule has 2 rings (SSSR count). The zero-order chi connectivity index (χ0) is 17.5. The maximum absolute atomic E-state index is 12.2. The fraction of sp³-hybridized carbons (Fsp3) is 0.222. The molecule has 126 valence electrons. The van der Waals surface area contributed by atoms with Gasteiger partial charge < -0.3 is 15.0 Å². The number of amides is 1. The largest absolute Gasteiger partial charge is 0.497 e. The highest BCUT2D eigenvalue weighted by Gasteiger charge is 2.12. The summed E-state index contributed by atoms with van der Waals surface area (Å²) in [7, 11) is 5.29. The van der Waals surface area contributed by atoms with Crippen LogP contribution in [0.4, 0.5) is 0 Å². The van der Waals surface area contributed by atoms with Gasteiger partial charge in [0.1, 0.15) is 5.75 Å². The quantitative estimate of drug-likeness (QED) is 0.620. The van der Waals surface area contributed by atoms with Crippen LogP contribution < -0.4 is 10.1 Å². The van der Waals surface area contributed by atoms with Crippen molar-refractivity contribution in [1.82, 2.24) is 10.2 Å². The number of carbonyl (C=O) groups is 2. The molecule has 1 aromatic carbocycles. The van der Waals surface area contributed by atoms with Crippen LogP contribution in [-0.2, 0) is 6.54 Å². The first kappa shape index (κ1) is 17.7. The van der Waals surface area contributed by atoms with Crippen LogP contribution in [0.25, 0.3) is 0 Å². The van der Waals surface area contributed by atoms with Crippen molar-refractivity contribution in [3.05, 3.63) is 64.0 Å². The molecule has 1 amide bonds. The number of benzene rings is 1. The molecule has 1 aromatic heterocycles. The van der Waals surface area contributed by atoms with Crippen molar-refractivity contribution in [3.8, 4) is 5.75 Å². The van der Waals surface area contributed by atoms with Crippen molar-refractivity contribution >= 4 is 23.0 Å². The van der Waals surface area contributed by atoms with Crippen LogP contribution in [0.3, 0.4) is 0 Å². The zero-order valence-corrected chi connectivity index (χ0v) is 14.7. The van der Waals surface area contributed by atoms with E-state index in [1.807, 2.05) is 38.4 Å². The summed E-state index contributed by atoms with van der Waals surface area (Å²) in [4.78, 5) is 27.0. The average Bonchev–Trinajstić information content (AvgIpc) is 3.08. The van der Waals surface area contributed by atoms with Crippen LogP contribution in [0.2, 0.25) is 0 Å². The first-order valence-corrected chi connectivity index (χ1v) is 8.21. The highest BCUT2D eigenvalue weighted by Crippen LogP contribution is 2.18. The lowest BCUT2D eigenvalue weighted by atomic mass is 10.2.